The molecule has 0 saturated heterocycles. The summed E-state index contributed by atoms with van der Waals surface area (Å²) in [6, 6.07) is 9.90. The summed E-state index contributed by atoms with van der Waals surface area (Å²) < 4.78 is 0. The van der Waals surface area contributed by atoms with E-state index in [2.05, 4.69) is 5.16 Å². The van der Waals surface area contributed by atoms with Gasteiger partial charge in [-0.05, 0) is 12.5 Å². The zero-order chi connectivity index (χ0) is 10.7. The van der Waals surface area contributed by atoms with Crippen LogP contribution in [0.3, 0.4) is 0 Å². The quantitative estimate of drug-likeness (QED) is 0.755. The maximum absolute atomic E-state index is 10.9. The van der Waals surface area contributed by atoms with Crippen molar-refractivity contribution in [2.24, 2.45) is 5.16 Å². The molecule has 1 aliphatic heterocycles. The second kappa shape index (κ2) is 4.26. The maximum atomic E-state index is 10.9. The first-order valence-electron chi connectivity index (χ1n) is 5.03. The van der Waals surface area contributed by atoms with Crippen LogP contribution in [0, 0.1) is 0 Å². The van der Waals surface area contributed by atoms with E-state index in [1.54, 1.807) is 6.92 Å². The van der Waals surface area contributed by atoms with Gasteiger partial charge in [-0.15, -0.1) is 0 Å². The fourth-order valence-corrected chi connectivity index (χ4v) is 1.66. The third-order valence-electron chi connectivity index (χ3n) is 2.36. The molecule has 0 aromatic heterocycles. The predicted octanol–water partition coefficient (Wildman–Crippen LogP) is 2.16. The van der Waals surface area contributed by atoms with Gasteiger partial charge in [-0.2, -0.15) is 0 Å². The Morgan fingerprint density at radius 2 is 2.20 bits per heavy atom. The molecule has 1 aliphatic rings. The van der Waals surface area contributed by atoms with Crippen LogP contribution in [0.15, 0.2) is 35.5 Å². The van der Waals surface area contributed by atoms with Crippen LogP contribution in [0.5, 0.6) is 0 Å². The number of carbonyl (C=O) groups excluding carboxylic acids is 1. The molecule has 0 saturated carbocycles. The Labute approximate surface area is 88.7 Å². The number of rotatable bonds is 3. The number of hydrogen-bond acceptors (Lipinski definition) is 3. The summed E-state index contributed by atoms with van der Waals surface area (Å²) in [6.07, 6.45) is 1.10. The third kappa shape index (κ3) is 2.43. The Morgan fingerprint density at radius 1 is 1.47 bits per heavy atom. The first-order valence-corrected chi connectivity index (χ1v) is 5.03. The molecule has 15 heavy (non-hydrogen) atoms. The molecule has 1 atom stereocenters. The van der Waals surface area contributed by atoms with Gasteiger partial charge in [0, 0.05) is 12.8 Å². The number of nitrogens with zero attached hydrogens (tertiary/aromatic N) is 1. The molecule has 0 bridgehead atoms. The van der Waals surface area contributed by atoms with E-state index in [1.165, 1.54) is 0 Å². The van der Waals surface area contributed by atoms with Gasteiger partial charge in [-0.25, -0.2) is 0 Å². The van der Waals surface area contributed by atoms with Crippen molar-refractivity contribution < 1.29 is 9.63 Å². The Balaban J connectivity index is 2.01. The van der Waals surface area contributed by atoms with Crippen LogP contribution in [0.25, 0.3) is 0 Å². The second-order valence-corrected chi connectivity index (χ2v) is 3.74. The van der Waals surface area contributed by atoms with Gasteiger partial charge >= 0.3 is 0 Å². The van der Waals surface area contributed by atoms with E-state index in [9.17, 15) is 4.79 Å². The highest BCUT2D eigenvalue weighted by molar-refractivity contribution is 6.01. The number of benzene rings is 1. The summed E-state index contributed by atoms with van der Waals surface area (Å²) in [5.41, 5.74) is 2.01. The van der Waals surface area contributed by atoms with Crippen molar-refractivity contribution in [1.29, 1.82) is 0 Å². The average Bonchev–Trinajstić information content (AvgIpc) is 2.67. The molecule has 1 aromatic carbocycles. The molecule has 0 aliphatic carbocycles. The lowest BCUT2D eigenvalue weighted by Gasteiger charge is -2.03. The monoisotopic (exact) mass is 203 g/mol. The summed E-state index contributed by atoms with van der Waals surface area (Å²) in [4.78, 5) is 16.1. The van der Waals surface area contributed by atoms with Crippen molar-refractivity contribution in [1.82, 2.24) is 0 Å². The second-order valence-electron chi connectivity index (χ2n) is 3.74. The Hall–Kier alpha value is -1.64. The molecule has 0 N–H and O–H groups in total. The molecule has 0 radical (unpaired) electrons. The largest absolute Gasteiger partial charge is 0.391 e. The highest BCUT2D eigenvalue weighted by Crippen LogP contribution is 2.18. The van der Waals surface area contributed by atoms with E-state index in [0.717, 1.165) is 17.7 Å². The van der Waals surface area contributed by atoms with Crippen LogP contribution < -0.4 is 0 Å². The molecule has 1 heterocycles. The molecular formula is C12H13NO2. The Morgan fingerprint density at radius 3 is 2.87 bits per heavy atom. The van der Waals surface area contributed by atoms with Crippen LogP contribution in [0.2, 0.25) is 0 Å². The van der Waals surface area contributed by atoms with Crippen LogP contribution >= 0.6 is 0 Å². The van der Waals surface area contributed by atoms with Gasteiger partial charge in [0.25, 0.3) is 0 Å². The molecular weight excluding hydrogens is 190 g/mol. The number of ketones is 1. The number of Topliss-reactive ketones (excluding diaryl/α,β-unsaturated/α-hetero) is 1. The summed E-state index contributed by atoms with van der Waals surface area (Å²) >= 11 is 0. The summed E-state index contributed by atoms with van der Waals surface area (Å²) in [5, 5.41) is 4.00. The summed E-state index contributed by atoms with van der Waals surface area (Å²) in [6.45, 7) is 1.57. The average molecular weight is 203 g/mol. The van der Waals surface area contributed by atoms with Crippen LogP contribution in [0.4, 0.5) is 0 Å². The SMILES string of the molecule is CC(=O)CC1CC(c2ccccc2)=NO1. The molecule has 0 spiro atoms. The summed E-state index contributed by atoms with van der Waals surface area (Å²) in [7, 11) is 0. The number of oxime groups is 1. The Bertz CT molecular complexity index is 384. The number of carbonyl (C=O) groups is 1. The van der Waals surface area contributed by atoms with E-state index in [0.29, 0.717) is 6.42 Å². The van der Waals surface area contributed by atoms with E-state index in [1.807, 2.05) is 30.3 Å². The number of hydrogen-bond donors (Lipinski definition) is 0. The Kier molecular flexibility index (Phi) is 2.81. The van der Waals surface area contributed by atoms with Crippen molar-refractivity contribution in [3.8, 4) is 0 Å². The van der Waals surface area contributed by atoms with Crippen LogP contribution in [0.1, 0.15) is 25.3 Å². The van der Waals surface area contributed by atoms with Crippen molar-refractivity contribution >= 4 is 11.5 Å². The van der Waals surface area contributed by atoms with Crippen molar-refractivity contribution in [2.75, 3.05) is 0 Å². The topological polar surface area (TPSA) is 38.7 Å². The molecule has 3 nitrogen and oxygen atoms in total. The third-order valence-corrected chi connectivity index (χ3v) is 2.36. The van der Waals surface area contributed by atoms with Gasteiger partial charge in [0.15, 0.2) is 0 Å². The van der Waals surface area contributed by atoms with Gasteiger partial charge in [0.1, 0.15) is 11.9 Å². The molecule has 78 valence electrons. The lowest BCUT2D eigenvalue weighted by atomic mass is 10.0. The van der Waals surface area contributed by atoms with Gasteiger partial charge in [0.2, 0.25) is 0 Å². The predicted molar refractivity (Wildman–Crippen MR) is 57.8 cm³/mol. The van der Waals surface area contributed by atoms with Gasteiger partial charge in [-0.1, -0.05) is 35.5 Å². The van der Waals surface area contributed by atoms with Crippen LogP contribution in [-0.2, 0) is 9.63 Å². The lowest BCUT2D eigenvalue weighted by molar-refractivity contribution is -0.119. The maximum Gasteiger partial charge on any atom is 0.140 e. The molecule has 3 heteroatoms. The van der Waals surface area contributed by atoms with Crippen molar-refractivity contribution in [3.05, 3.63) is 35.9 Å². The molecule has 1 aromatic rings. The van der Waals surface area contributed by atoms with E-state index in [-0.39, 0.29) is 11.9 Å². The molecule has 2 rings (SSSR count). The van der Waals surface area contributed by atoms with Gasteiger partial charge < -0.3 is 4.84 Å². The normalized spacial score (nSPS) is 19.5. The zero-order valence-corrected chi connectivity index (χ0v) is 8.64. The zero-order valence-electron chi connectivity index (χ0n) is 8.64. The molecule has 0 fully saturated rings. The fourth-order valence-electron chi connectivity index (χ4n) is 1.66. The lowest BCUT2D eigenvalue weighted by Crippen LogP contribution is -2.12. The minimum atomic E-state index is -0.0716. The highest BCUT2D eigenvalue weighted by atomic mass is 16.6. The molecule has 1 unspecified atom stereocenters. The van der Waals surface area contributed by atoms with Crippen molar-refractivity contribution in [2.45, 2.75) is 25.9 Å². The smallest absolute Gasteiger partial charge is 0.140 e. The van der Waals surface area contributed by atoms with E-state index < -0.39 is 0 Å². The molecule has 0 amide bonds. The van der Waals surface area contributed by atoms with Gasteiger partial charge in [0.05, 0.1) is 5.71 Å². The van der Waals surface area contributed by atoms with E-state index in [4.69, 9.17) is 4.84 Å². The first-order chi connectivity index (χ1) is 7.25. The fraction of sp³-hybridized carbons (Fsp3) is 0.333. The summed E-state index contributed by atoms with van der Waals surface area (Å²) in [5.74, 6) is 0.143. The standard InChI is InChI=1S/C12H13NO2/c1-9(14)7-11-8-12(13-15-11)10-5-3-2-4-6-10/h2-6,11H,7-8H2,1H3. The van der Waals surface area contributed by atoms with Crippen molar-refractivity contribution in [3.63, 3.8) is 0 Å². The highest BCUT2D eigenvalue weighted by Gasteiger charge is 2.22. The van der Waals surface area contributed by atoms with E-state index >= 15 is 0 Å². The van der Waals surface area contributed by atoms with Gasteiger partial charge in [-0.3, -0.25) is 4.79 Å². The van der Waals surface area contributed by atoms with Crippen LogP contribution in [-0.4, -0.2) is 17.6 Å². The minimum Gasteiger partial charge on any atom is -0.391 e. The first kappa shape index (κ1) is 9.90. The minimum absolute atomic E-state index is 0.0716.